The number of aliphatic hydroxyl groups is 1. The third kappa shape index (κ3) is 3.57. The van der Waals surface area contributed by atoms with Gasteiger partial charge in [0, 0.05) is 12.1 Å². The van der Waals surface area contributed by atoms with E-state index in [2.05, 4.69) is 22.2 Å². The Morgan fingerprint density at radius 2 is 2.11 bits per heavy atom. The molecule has 0 atom stereocenters. The number of aromatic nitrogens is 2. The van der Waals surface area contributed by atoms with Gasteiger partial charge in [0.15, 0.2) is 0 Å². The molecule has 1 aromatic heterocycles. The molecular formula is C14H22ClN3O. The summed E-state index contributed by atoms with van der Waals surface area (Å²) in [7, 11) is 0. The maximum absolute atomic E-state index is 10.6. The Kier molecular flexibility index (Phi) is 4.63. The smallest absolute Gasteiger partial charge is 0.137 e. The van der Waals surface area contributed by atoms with E-state index in [0.717, 1.165) is 37.2 Å². The highest BCUT2D eigenvalue weighted by atomic mass is 35.5. The molecule has 0 amide bonds. The predicted molar refractivity (Wildman–Crippen MR) is 77.5 cm³/mol. The zero-order chi connectivity index (χ0) is 13.9. The molecule has 4 nitrogen and oxygen atoms in total. The first-order chi connectivity index (χ1) is 9.04. The lowest BCUT2D eigenvalue weighted by atomic mass is 9.78. The van der Waals surface area contributed by atoms with Crippen molar-refractivity contribution >= 4 is 17.4 Å². The van der Waals surface area contributed by atoms with Gasteiger partial charge in [0.2, 0.25) is 0 Å². The first-order valence-electron chi connectivity index (χ1n) is 6.97. The maximum Gasteiger partial charge on any atom is 0.137 e. The highest BCUT2D eigenvalue weighted by Crippen LogP contribution is 2.34. The Balaban J connectivity index is 1.93. The monoisotopic (exact) mass is 283 g/mol. The predicted octanol–water partition coefficient (Wildman–Crippen LogP) is 3.18. The summed E-state index contributed by atoms with van der Waals surface area (Å²) in [5, 5.41) is 14.2. The Labute approximate surface area is 119 Å². The zero-order valence-electron chi connectivity index (χ0n) is 11.6. The van der Waals surface area contributed by atoms with Gasteiger partial charge >= 0.3 is 0 Å². The summed E-state index contributed by atoms with van der Waals surface area (Å²) >= 11 is 5.95. The summed E-state index contributed by atoms with van der Waals surface area (Å²) < 4.78 is 0. The molecule has 5 heteroatoms. The fourth-order valence-corrected chi connectivity index (χ4v) is 2.79. The van der Waals surface area contributed by atoms with Gasteiger partial charge in [0.05, 0.1) is 5.60 Å². The summed E-state index contributed by atoms with van der Waals surface area (Å²) in [6, 6.07) is 0. The van der Waals surface area contributed by atoms with Crippen molar-refractivity contribution in [2.75, 3.05) is 11.9 Å². The highest BCUT2D eigenvalue weighted by Gasteiger charge is 2.32. The Morgan fingerprint density at radius 1 is 1.42 bits per heavy atom. The minimum Gasteiger partial charge on any atom is -0.388 e. The number of nitrogens with one attached hydrogen (secondary N) is 1. The molecule has 1 heterocycles. The molecular weight excluding hydrogens is 262 g/mol. The van der Waals surface area contributed by atoms with Crippen molar-refractivity contribution in [2.24, 2.45) is 5.92 Å². The van der Waals surface area contributed by atoms with E-state index in [-0.39, 0.29) is 0 Å². The molecule has 0 aliphatic heterocycles. The molecule has 1 saturated carbocycles. The van der Waals surface area contributed by atoms with Crippen LogP contribution < -0.4 is 5.32 Å². The number of rotatable bonds is 4. The van der Waals surface area contributed by atoms with Gasteiger partial charge in [-0.05, 0) is 38.5 Å². The quantitative estimate of drug-likeness (QED) is 0.833. The van der Waals surface area contributed by atoms with Crippen molar-refractivity contribution in [3.05, 3.63) is 17.0 Å². The molecule has 0 bridgehead atoms. The number of anilines is 1. The molecule has 1 aromatic rings. The van der Waals surface area contributed by atoms with Crippen LogP contribution >= 0.6 is 11.6 Å². The van der Waals surface area contributed by atoms with Crippen LogP contribution in [0.2, 0.25) is 5.15 Å². The van der Waals surface area contributed by atoms with Gasteiger partial charge in [0.25, 0.3) is 0 Å². The van der Waals surface area contributed by atoms with Crippen molar-refractivity contribution in [3.8, 4) is 0 Å². The van der Waals surface area contributed by atoms with E-state index < -0.39 is 5.60 Å². The molecule has 1 aliphatic rings. The first kappa shape index (κ1) is 14.5. The van der Waals surface area contributed by atoms with Gasteiger partial charge in [0.1, 0.15) is 17.3 Å². The lowest BCUT2D eigenvalue weighted by molar-refractivity contribution is 0.00222. The fraction of sp³-hybridized carbons (Fsp3) is 0.714. The third-order valence-electron chi connectivity index (χ3n) is 4.22. The summed E-state index contributed by atoms with van der Waals surface area (Å²) in [5.74, 6) is 1.49. The van der Waals surface area contributed by atoms with Gasteiger partial charge in [-0.3, -0.25) is 0 Å². The fourth-order valence-electron chi connectivity index (χ4n) is 2.66. The Morgan fingerprint density at radius 3 is 2.74 bits per heavy atom. The summed E-state index contributed by atoms with van der Waals surface area (Å²) in [4.78, 5) is 8.09. The third-order valence-corrected chi connectivity index (χ3v) is 4.60. The minimum atomic E-state index is -0.616. The molecule has 0 aromatic carbocycles. The summed E-state index contributed by atoms with van der Waals surface area (Å²) in [6.07, 6.45) is 6.59. The molecule has 0 spiro atoms. The van der Waals surface area contributed by atoms with Crippen molar-refractivity contribution in [1.82, 2.24) is 9.97 Å². The number of halogens is 1. The number of nitrogens with zero attached hydrogens (tertiary/aromatic N) is 2. The molecule has 19 heavy (non-hydrogen) atoms. The second kappa shape index (κ2) is 6.06. The van der Waals surface area contributed by atoms with Gasteiger partial charge in [-0.2, -0.15) is 0 Å². The molecule has 106 valence electrons. The zero-order valence-corrected chi connectivity index (χ0v) is 12.4. The normalized spacial score (nSPS) is 27.3. The van der Waals surface area contributed by atoms with Crippen LogP contribution in [0.5, 0.6) is 0 Å². The summed E-state index contributed by atoms with van der Waals surface area (Å²) in [6.45, 7) is 4.62. The van der Waals surface area contributed by atoms with Gasteiger partial charge in [-0.1, -0.05) is 24.9 Å². The highest BCUT2D eigenvalue weighted by molar-refractivity contribution is 6.30. The lowest BCUT2D eigenvalue weighted by Gasteiger charge is -2.36. The van der Waals surface area contributed by atoms with Gasteiger partial charge in [-0.15, -0.1) is 0 Å². The molecule has 1 aliphatic carbocycles. The topological polar surface area (TPSA) is 58.0 Å². The molecule has 0 unspecified atom stereocenters. The van der Waals surface area contributed by atoms with Gasteiger partial charge < -0.3 is 10.4 Å². The van der Waals surface area contributed by atoms with E-state index in [0.29, 0.717) is 17.5 Å². The van der Waals surface area contributed by atoms with Crippen LogP contribution in [0.4, 0.5) is 5.82 Å². The standard InChI is InChI=1S/C14H22ClN3O/c1-3-11-4-6-14(19,7-5-11)8-16-13-10(2)12(15)17-9-18-13/h9,11,19H,3-8H2,1-2H3,(H,16,17,18). The molecule has 1 fully saturated rings. The van der Waals surface area contributed by atoms with E-state index in [4.69, 9.17) is 11.6 Å². The molecule has 2 N–H and O–H groups in total. The van der Waals surface area contributed by atoms with Crippen molar-refractivity contribution < 1.29 is 5.11 Å². The minimum absolute atomic E-state index is 0.458. The number of hydrogen-bond donors (Lipinski definition) is 2. The van der Waals surface area contributed by atoms with E-state index in [9.17, 15) is 5.11 Å². The van der Waals surface area contributed by atoms with Crippen LogP contribution in [0.15, 0.2) is 6.33 Å². The molecule has 0 radical (unpaired) electrons. The van der Waals surface area contributed by atoms with Crippen LogP contribution in [0.3, 0.4) is 0 Å². The first-order valence-corrected chi connectivity index (χ1v) is 7.35. The van der Waals surface area contributed by atoms with Crippen LogP contribution in [0, 0.1) is 12.8 Å². The lowest BCUT2D eigenvalue weighted by Crippen LogP contribution is -2.40. The summed E-state index contributed by atoms with van der Waals surface area (Å²) in [5.41, 5.74) is 0.213. The maximum atomic E-state index is 10.6. The van der Waals surface area contributed by atoms with Crippen LogP contribution in [-0.2, 0) is 0 Å². The van der Waals surface area contributed by atoms with E-state index in [1.807, 2.05) is 6.92 Å². The second-order valence-electron chi connectivity index (χ2n) is 5.57. The average Bonchev–Trinajstić information content (AvgIpc) is 2.41. The van der Waals surface area contributed by atoms with Crippen LogP contribution in [0.25, 0.3) is 0 Å². The van der Waals surface area contributed by atoms with Crippen LogP contribution in [0.1, 0.15) is 44.6 Å². The SMILES string of the molecule is CCC1CCC(O)(CNc2ncnc(Cl)c2C)CC1. The van der Waals surface area contributed by atoms with Crippen molar-refractivity contribution in [2.45, 2.75) is 51.6 Å². The molecule has 0 saturated heterocycles. The van der Waals surface area contributed by atoms with E-state index >= 15 is 0 Å². The van der Waals surface area contributed by atoms with E-state index in [1.54, 1.807) is 0 Å². The Hall–Kier alpha value is -0.870. The molecule has 2 rings (SSSR count). The number of hydrogen-bond acceptors (Lipinski definition) is 4. The van der Waals surface area contributed by atoms with E-state index in [1.165, 1.54) is 12.7 Å². The average molecular weight is 284 g/mol. The van der Waals surface area contributed by atoms with Crippen molar-refractivity contribution in [3.63, 3.8) is 0 Å². The largest absolute Gasteiger partial charge is 0.388 e. The Bertz CT molecular complexity index is 431. The van der Waals surface area contributed by atoms with Gasteiger partial charge in [-0.25, -0.2) is 9.97 Å². The van der Waals surface area contributed by atoms with Crippen LogP contribution in [-0.4, -0.2) is 27.2 Å². The van der Waals surface area contributed by atoms with Crippen molar-refractivity contribution in [1.29, 1.82) is 0 Å². The second-order valence-corrected chi connectivity index (χ2v) is 5.93.